The van der Waals surface area contributed by atoms with E-state index in [1.807, 2.05) is 18.2 Å². The van der Waals surface area contributed by atoms with E-state index in [1.54, 1.807) is 30.0 Å². The molecule has 0 unspecified atom stereocenters. The van der Waals surface area contributed by atoms with Gasteiger partial charge in [0.2, 0.25) is 0 Å². The van der Waals surface area contributed by atoms with Crippen LogP contribution in [0.15, 0.2) is 48.5 Å². The van der Waals surface area contributed by atoms with Gasteiger partial charge in [-0.25, -0.2) is 0 Å². The molecule has 1 amide bonds. The summed E-state index contributed by atoms with van der Waals surface area (Å²) in [5, 5.41) is 2.94. The van der Waals surface area contributed by atoms with Gasteiger partial charge in [0.05, 0.1) is 0 Å². The average Bonchev–Trinajstić information content (AvgIpc) is 2.61. The summed E-state index contributed by atoms with van der Waals surface area (Å²) in [4.78, 5) is 12.1. The van der Waals surface area contributed by atoms with Gasteiger partial charge in [-0.1, -0.05) is 30.3 Å². The van der Waals surface area contributed by atoms with E-state index in [4.69, 9.17) is 9.47 Å². The van der Waals surface area contributed by atoms with Crippen LogP contribution in [0.1, 0.15) is 15.9 Å². The highest BCUT2D eigenvalue weighted by atomic mass is 32.2. The molecular formula is C18H19NO3S. The van der Waals surface area contributed by atoms with E-state index in [1.165, 1.54) is 5.56 Å². The zero-order chi connectivity index (χ0) is 15.9. The molecule has 4 nitrogen and oxygen atoms in total. The lowest BCUT2D eigenvalue weighted by Gasteiger charge is -2.18. The molecule has 0 saturated heterocycles. The zero-order valence-corrected chi connectivity index (χ0v) is 13.6. The predicted molar refractivity (Wildman–Crippen MR) is 92.4 cm³/mol. The molecule has 120 valence electrons. The maximum atomic E-state index is 12.1. The van der Waals surface area contributed by atoms with Gasteiger partial charge in [-0.2, -0.15) is 11.8 Å². The first-order valence-electron chi connectivity index (χ1n) is 7.62. The van der Waals surface area contributed by atoms with E-state index in [0.29, 0.717) is 36.8 Å². The Morgan fingerprint density at radius 2 is 1.83 bits per heavy atom. The number of ether oxygens (including phenoxy) is 2. The van der Waals surface area contributed by atoms with Crippen molar-refractivity contribution in [3.8, 4) is 11.5 Å². The van der Waals surface area contributed by atoms with Crippen LogP contribution in [-0.2, 0) is 5.75 Å². The second kappa shape index (κ2) is 7.92. The molecule has 0 bridgehead atoms. The smallest absolute Gasteiger partial charge is 0.251 e. The molecule has 0 aromatic heterocycles. The van der Waals surface area contributed by atoms with E-state index >= 15 is 0 Å². The lowest BCUT2D eigenvalue weighted by atomic mass is 10.2. The Labute approximate surface area is 140 Å². The minimum Gasteiger partial charge on any atom is -0.486 e. The molecule has 3 rings (SSSR count). The van der Waals surface area contributed by atoms with Crippen molar-refractivity contribution < 1.29 is 14.3 Å². The Kier molecular flexibility index (Phi) is 5.42. The zero-order valence-electron chi connectivity index (χ0n) is 12.8. The molecule has 1 aliphatic rings. The number of rotatable bonds is 6. The summed E-state index contributed by atoms with van der Waals surface area (Å²) in [6.45, 7) is 1.72. The van der Waals surface area contributed by atoms with Crippen molar-refractivity contribution in [2.75, 3.05) is 25.5 Å². The van der Waals surface area contributed by atoms with Gasteiger partial charge in [0.25, 0.3) is 5.91 Å². The van der Waals surface area contributed by atoms with Gasteiger partial charge in [0.15, 0.2) is 11.5 Å². The van der Waals surface area contributed by atoms with Crippen molar-refractivity contribution in [2.45, 2.75) is 5.75 Å². The monoisotopic (exact) mass is 329 g/mol. The molecule has 0 aliphatic carbocycles. The average molecular weight is 329 g/mol. The molecule has 2 aromatic carbocycles. The van der Waals surface area contributed by atoms with Crippen LogP contribution >= 0.6 is 11.8 Å². The number of nitrogens with one attached hydrogen (secondary N) is 1. The summed E-state index contributed by atoms with van der Waals surface area (Å²) < 4.78 is 11.0. The Morgan fingerprint density at radius 3 is 2.65 bits per heavy atom. The Morgan fingerprint density at radius 1 is 1.04 bits per heavy atom. The number of carbonyl (C=O) groups excluding carboxylic acids is 1. The maximum Gasteiger partial charge on any atom is 0.251 e. The number of thioether (sulfide) groups is 1. The summed E-state index contributed by atoms with van der Waals surface area (Å²) in [7, 11) is 0. The van der Waals surface area contributed by atoms with Gasteiger partial charge in [-0.3, -0.25) is 4.79 Å². The lowest BCUT2D eigenvalue weighted by Crippen LogP contribution is -2.26. The van der Waals surface area contributed by atoms with Crippen molar-refractivity contribution in [3.63, 3.8) is 0 Å². The summed E-state index contributed by atoms with van der Waals surface area (Å²) in [6.07, 6.45) is 0. The van der Waals surface area contributed by atoms with E-state index in [9.17, 15) is 4.79 Å². The Balaban J connectivity index is 1.42. The van der Waals surface area contributed by atoms with Crippen LogP contribution in [-0.4, -0.2) is 31.4 Å². The Hall–Kier alpha value is -2.14. The summed E-state index contributed by atoms with van der Waals surface area (Å²) >= 11 is 1.81. The molecular weight excluding hydrogens is 310 g/mol. The second-order valence-corrected chi connectivity index (χ2v) is 6.26. The largest absolute Gasteiger partial charge is 0.486 e. The SMILES string of the molecule is O=C(NCCSCc1ccccc1)c1ccc2c(c1)OCCO2. The quantitative estimate of drug-likeness (QED) is 0.827. The molecule has 1 heterocycles. The van der Waals surface area contributed by atoms with Gasteiger partial charge in [-0.15, -0.1) is 0 Å². The fourth-order valence-electron chi connectivity index (χ4n) is 2.29. The highest BCUT2D eigenvalue weighted by molar-refractivity contribution is 7.98. The lowest BCUT2D eigenvalue weighted by molar-refractivity contribution is 0.0955. The van der Waals surface area contributed by atoms with Crippen LogP contribution in [0.2, 0.25) is 0 Å². The summed E-state index contributed by atoms with van der Waals surface area (Å²) in [5.41, 5.74) is 1.90. The van der Waals surface area contributed by atoms with E-state index in [0.717, 1.165) is 11.5 Å². The van der Waals surface area contributed by atoms with Gasteiger partial charge < -0.3 is 14.8 Å². The van der Waals surface area contributed by atoms with E-state index in [-0.39, 0.29) is 5.91 Å². The first-order chi connectivity index (χ1) is 11.3. The minimum absolute atomic E-state index is 0.0812. The molecule has 2 aromatic rings. The number of fused-ring (bicyclic) bond motifs is 1. The van der Waals surface area contributed by atoms with Crippen molar-refractivity contribution in [3.05, 3.63) is 59.7 Å². The molecule has 23 heavy (non-hydrogen) atoms. The van der Waals surface area contributed by atoms with Gasteiger partial charge in [0.1, 0.15) is 13.2 Å². The molecule has 0 fully saturated rings. The van der Waals surface area contributed by atoms with E-state index < -0.39 is 0 Å². The highest BCUT2D eigenvalue weighted by Gasteiger charge is 2.14. The first kappa shape index (κ1) is 15.7. The normalized spacial score (nSPS) is 12.7. The fraction of sp³-hybridized carbons (Fsp3) is 0.278. The van der Waals surface area contributed by atoms with Crippen LogP contribution < -0.4 is 14.8 Å². The predicted octanol–water partition coefficient (Wildman–Crippen LogP) is 3.12. The third-order valence-electron chi connectivity index (χ3n) is 3.45. The Bertz CT molecular complexity index is 661. The second-order valence-electron chi connectivity index (χ2n) is 5.15. The number of carbonyl (C=O) groups is 1. The van der Waals surface area contributed by atoms with E-state index in [2.05, 4.69) is 17.4 Å². The van der Waals surface area contributed by atoms with Gasteiger partial charge in [0, 0.05) is 23.6 Å². The summed E-state index contributed by atoms with van der Waals surface area (Å²) in [5.74, 6) is 3.10. The first-order valence-corrected chi connectivity index (χ1v) is 8.78. The number of amides is 1. The van der Waals surface area contributed by atoms with Gasteiger partial charge in [-0.05, 0) is 23.8 Å². The van der Waals surface area contributed by atoms with Crippen LogP contribution in [0.5, 0.6) is 11.5 Å². The molecule has 0 radical (unpaired) electrons. The van der Waals surface area contributed by atoms with Crippen LogP contribution in [0.25, 0.3) is 0 Å². The van der Waals surface area contributed by atoms with Crippen molar-refractivity contribution in [2.24, 2.45) is 0 Å². The molecule has 1 N–H and O–H groups in total. The highest BCUT2D eigenvalue weighted by Crippen LogP contribution is 2.30. The fourth-order valence-corrected chi connectivity index (χ4v) is 3.11. The number of benzene rings is 2. The molecule has 0 saturated carbocycles. The van der Waals surface area contributed by atoms with Crippen LogP contribution in [0.4, 0.5) is 0 Å². The third-order valence-corrected chi connectivity index (χ3v) is 4.48. The molecule has 0 spiro atoms. The molecule has 0 atom stereocenters. The number of hydrogen-bond donors (Lipinski definition) is 1. The van der Waals surface area contributed by atoms with Crippen molar-refractivity contribution in [1.29, 1.82) is 0 Å². The standard InChI is InChI=1S/C18H19NO3S/c20-18(15-6-7-16-17(12-15)22-10-9-21-16)19-8-11-23-13-14-4-2-1-3-5-14/h1-7,12H,8-11,13H2,(H,19,20). The summed E-state index contributed by atoms with van der Waals surface area (Å²) in [6, 6.07) is 15.6. The van der Waals surface area contributed by atoms with Gasteiger partial charge >= 0.3 is 0 Å². The minimum atomic E-state index is -0.0812. The van der Waals surface area contributed by atoms with Crippen LogP contribution in [0, 0.1) is 0 Å². The van der Waals surface area contributed by atoms with Crippen LogP contribution in [0.3, 0.4) is 0 Å². The maximum absolute atomic E-state index is 12.1. The topological polar surface area (TPSA) is 47.6 Å². The molecule has 1 aliphatic heterocycles. The van der Waals surface area contributed by atoms with Crippen molar-refractivity contribution in [1.82, 2.24) is 5.32 Å². The van der Waals surface area contributed by atoms with Crippen molar-refractivity contribution >= 4 is 17.7 Å². The molecule has 5 heteroatoms. The number of hydrogen-bond acceptors (Lipinski definition) is 4. The third kappa shape index (κ3) is 4.42.